The number of allylic oxidation sites excluding steroid dienone is 8. The van der Waals surface area contributed by atoms with E-state index >= 15 is 0 Å². The van der Waals surface area contributed by atoms with Crippen molar-refractivity contribution in [3.8, 4) is 11.5 Å². The molecule has 6 heteroatoms. The molecule has 1 aromatic rings. The Labute approximate surface area is 227 Å². The first-order valence-corrected chi connectivity index (χ1v) is 13.8. The zero-order valence-corrected chi connectivity index (χ0v) is 23.0. The summed E-state index contributed by atoms with van der Waals surface area (Å²) in [7, 11) is 3.12. The van der Waals surface area contributed by atoms with Crippen molar-refractivity contribution in [2.75, 3.05) is 27.8 Å². The van der Waals surface area contributed by atoms with Crippen molar-refractivity contribution in [2.45, 2.75) is 77.0 Å². The number of carbonyl (C=O) groups is 2. The quantitative estimate of drug-likeness (QED) is 0.287. The highest BCUT2D eigenvalue weighted by molar-refractivity contribution is 6.23. The van der Waals surface area contributed by atoms with Gasteiger partial charge in [0.2, 0.25) is 0 Å². The van der Waals surface area contributed by atoms with E-state index in [0.717, 1.165) is 64.2 Å². The van der Waals surface area contributed by atoms with Crippen LogP contribution in [0.1, 0.15) is 88.2 Å². The average Bonchev–Trinajstić information content (AvgIpc) is 2.91. The predicted octanol–water partition coefficient (Wildman–Crippen LogP) is 7.38. The third-order valence-electron chi connectivity index (χ3n) is 6.66. The SMILES string of the molecule is COCOc1cc2c(OCOC)cc1C1=CCCC/C=C\CCC/C=C/2C(=O)CCC/C=C/CCCC1=O. The molecule has 0 fully saturated rings. The molecule has 4 bridgehead atoms. The third kappa shape index (κ3) is 9.10. The molecule has 0 aliphatic heterocycles. The lowest BCUT2D eigenvalue weighted by atomic mass is 9.90. The first-order valence-electron chi connectivity index (χ1n) is 13.8. The van der Waals surface area contributed by atoms with Gasteiger partial charge in [0.15, 0.2) is 25.2 Å². The Kier molecular flexibility index (Phi) is 13.1. The average molecular weight is 523 g/mol. The topological polar surface area (TPSA) is 71.1 Å². The predicted molar refractivity (Wildman–Crippen MR) is 151 cm³/mol. The van der Waals surface area contributed by atoms with Crippen molar-refractivity contribution >= 4 is 22.7 Å². The molecule has 0 saturated heterocycles. The summed E-state index contributed by atoms with van der Waals surface area (Å²) in [5.41, 5.74) is 2.54. The van der Waals surface area contributed by atoms with Gasteiger partial charge in [0.25, 0.3) is 0 Å². The lowest BCUT2D eigenvalue weighted by molar-refractivity contribution is -0.114. The first-order chi connectivity index (χ1) is 18.7. The van der Waals surface area contributed by atoms with Gasteiger partial charge >= 0.3 is 0 Å². The van der Waals surface area contributed by atoms with Crippen LogP contribution in [0.25, 0.3) is 11.1 Å². The maximum atomic E-state index is 13.6. The lowest BCUT2D eigenvalue weighted by Gasteiger charge is -2.20. The van der Waals surface area contributed by atoms with Crippen molar-refractivity contribution in [3.05, 3.63) is 59.7 Å². The Bertz CT molecular complexity index is 965. The molecular formula is C32H42O6. The lowest BCUT2D eigenvalue weighted by Crippen LogP contribution is -2.11. The van der Waals surface area contributed by atoms with Gasteiger partial charge in [0.05, 0.1) is 0 Å². The fraction of sp³-hybridized carbons (Fsp3) is 0.500. The molecule has 0 N–H and O–H groups in total. The number of hydrogen-bond donors (Lipinski definition) is 0. The molecule has 38 heavy (non-hydrogen) atoms. The van der Waals surface area contributed by atoms with Gasteiger partial charge in [-0.25, -0.2) is 0 Å². The van der Waals surface area contributed by atoms with E-state index in [0.29, 0.717) is 46.6 Å². The summed E-state index contributed by atoms with van der Waals surface area (Å²) < 4.78 is 22.5. The number of ether oxygens (including phenoxy) is 4. The van der Waals surface area contributed by atoms with Crippen molar-refractivity contribution in [1.82, 2.24) is 0 Å². The van der Waals surface area contributed by atoms with Gasteiger partial charge in [-0.05, 0) is 76.3 Å². The van der Waals surface area contributed by atoms with E-state index < -0.39 is 0 Å². The van der Waals surface area contributed by atoms with Gasteiger partial charge in [0.1, 0.15) is 11.5 Å². The zero-order valence-electron chi connectivity index (χ0n) is 23.0. The van der Waals surface area contributed by atoms with E-state index in [-0.39, 0.29) is 25.2 Å². The molecule has 4 aliphatic rings. The first kappa shape index (κ1) is 29.6. The molecule has 5 rings (SSSR count). The van der Waals surface area contributed by atoms with Gasteiger partial charge in [-0.3, -0.25) is 9.59 Å². The summed E-state index contributed by atoms with van der Waals surface area (Å²) in [5, 5.41) is 0. The smallest absolute Gasteiger partial charge is 0.188 e. The van der Waals surface area contributed by atoms with E-state index in [1.165, 1.54) is 0 Å². The molecular weight excluding hydrogens is 480 g/mol. The summed E-state index contributed by atoms with van der Waals surface area (Å²) >= 11 is 0. The van der Waals surface area contributed by atoms with Crippen LogP contribution < -0.4 is 9.47 Å². The maximum Gasteiger partial charge on any atom is 0.188 e. The Hall–Kier alpha value is -2.96. The second kappa shape index (κ2) is 16.8. The zero-order chi connectivity index (χ0) is 27.0. The van der Waals surface area contributed by atoms with E-state index in [2.05, 4.69) is 24.3 Å². The van der Waals surface area contributed by atoms with Crippen LogP contribution in [0.2, 0.25) is 0 Å². The van der Waals surface area contributed by atoms with E-state index in [1.807, 2.05) is 24.3 Å². The minimum atomic E-state index is 0.0226. The van der Waals surface area contributed by atoms with E-state index in [1.54, 1.807) is 14.2 Å². The Morgan fingerprint density at radius 1 is 0.579 bits per heavy atom. The second-order valence-corrected chi connectivity index (χ2v) is 9.62. The van der Waals surface area contributed by atoms with E-state index in [4.69, 9.17) is 18.9 Å². The second-order valence-electron chi connectivity index (χ2n) is 9.62. The van der Waals surface area contributed by atoms with Gasteiger partial charge in [0, 0.05) is 49.3 Å². The van der Waals surface area contributed by atoms with Crippen LogP contribution in [0, 0.1) is 0 Å². The van der Waals surface area contributed by atoms with Crippen molar-refractivity contribution in [1.29, 1.82) is 0 Å². The van der Waals surface area contributed by atoms with Gasteiger partial charge in [-0.2, -0.15) is 0 Å². The fourth-order valence-electron chi connectivity index (χ4n) is 4.68. The number of hydrogen-bond acceptors (Lipinski definition) is 6. The largest absolute Gasteiger partial charge is 0.467 e. The summed E-state index contributed by atoms with van der Waals surface area (Å²) in [6, 6.07) is 3.67. The number of Topliss-reactive ketones (excluding diaryl/α,β-unsaturated/α-hetero) is 2. The minimum absolute atomic E-state index is 0.0226. The monoisotopic (exact) mass is 522 g/mol. The number of benzene rings is 1. The van der Waals surface area contributed by atoms with Crippen molar-refractivity contribution in [2.24, 2.45) is 0 Å². The molecule has 0 saturated carbocycles. The van der Waals surface area contributed by atoms with E-state index in [9.17, 15) is 9.59 Å². The van der Waals surface area contributed by atoms with Crippen LogP contribution in [0.15, 0.2) is 48.6 Å². The Morgan fingerprint density at radius 2 is 0.974 bits per heavy atom. The molecule has 4 aliphatic carbocycles. The molecule has 206 valence electrons. The molecule has 6 nitrogen and oxygen atoms in total. The standard InChI is InChI=1S/C32H42O6/c1-35-23-37-31-21-28-26-18-14-10-6-4-3-5-9-13-17-25(27(31)22-32(28)38-24-36-2)29(33)19-15-11-7-8-12-16-20-30(26)34/h3-4,7-8,17-18,21-22H,5-6,9-16,19-20,23-24H2,1-2H3/b4-3-,8-7+,25-17-,26-18?. The molecule has 0 spiro atoms. The molecule has 0 heterocycles. The fourth-order valence-corrected chi connectivity index (χ4v) is 4.68. The molecule has 0 amide bonds. The van der Waals surface area contributed by atoms with Crippen LogP contribution >= 0.6 is 0 Å². The maximum absolute atomic E-state index is 13.6. The van der Waals surface area contributed by atoms with Gasteiger partial charge in [-0.1, -0.05) is 36.5 Å². The Balaban J connectivity index is 2.25. The summed E-state index contributed by atoms with van der Waals surface area (Å²) in [4.78, 5) is 27.1. The molecule has 0 unspecified atom stereocenters. The van der Waals surface area contributed by atoms with Crippen LogP contribution in [-0.2, 0) is 19.1 Å². The molecule has 0 aromatic heterocycles. The highest BCUT2D eigenvalue weighted by Crippen LogP contribution is 2.39. The number of ketones is 2. The molecule has 0 radical (unpaired) electrons. The molecule has 1 aromatic carbocycles. The van der Waals surface area contributed by atoms with Crippen LogP contribution in [0.5, 0.6) is 11.5 Å². The highest BCUT2D eigenvalue weighted by Gasteiger charge is 2.24. The van der Waals surface area contributed by atoms with Gasteiger partial charge in [-0.15, -0.1) is 0 Å². The highest BCUT2D eigenvalue weighted by atomic mass is 16.7. The van der Waals surface area contributed by atoms with Crippen LogP contribution in [0.3, 0.4) is 0 Å². The Morgan fingerprint density at radius 3 is 1.37 bits per heavy atom. The number of fused-ring (bicyclic) bond motifs is 16. The van der Waals surface area contributed by atoms with Crippen molar-refractivity contribution < 1.29 is 28.5 Å². The minimum Gasteiger partial charge on any atom is -0.467 e. The summed E-state index contributed by atoms with van der Waals surface area (Å²) in [6.07, 6.45) is 22.2. The summed E-state index contributed by atoms with van der Waals surface area (Å²) in [6.45, 7) is 0.0452. The number of carbonyl (C=O) groups excluding carboxylic acids is 2. The van der Waals surface area contributed by atoms with Crippen molar-refractivity contribution in [3.63, 3.8) is 0 Å². The normalized spacial score (nSPS) is 21.2. The van der Waals surface area contributed by atoms with Crippen LogP contribution in [0.4, 0.5) is 0 Å². The third-order valence-corrected chi connectivity index (χ3v) is 6.66. The number of rotatable bonds is 6. The number of methoxy groups -OCH3 is 2. The van der Waals surface area contributed by atoms with Crippen LogP contribution in [-0.4, -0.2) is 39.4 Å². The summed E-state index contributed by atoms with van der Waals surface area (Å²) in [5.74, 6) is 1.15. The molecule has 0 atom stereocenters. The van der Waals surface area contributed by atoms with Gasteiger partial charge < -0.3 is 18.9 Å².